The highest BCUT2D eigenvalue weighted by Gasteiger charge is 2.05. The number of anilines is 2. The topological polar surface area (TPSA) is 53.6 Å². The van der Waals surface area contributed by atoms with Crippen LogP contribution in [0.2, 0.25) is 0 Å². The van der Waals surface area contributed by atoms with Crippen molar-refractivity contribution in [3.05, 3.63) is 60.3 Å². The molecule has 2 N–H and O–H groups in total. The third-order valence-electron chi connectivity index (χ3n) is 3.66. The summed E-state index contributed by atoms with van der Waals surface area (Å²) in [5.41, 5.74) is 2.82. The maximum Gasteiger partial charge on any atom is 0.183 e. The number of nitrogens with zero attached hydrogens (tertiary/aromatic N) is 2. The highest BCUT2D eigenvalue weighted by molar-refractivity contribution is 5.95. The number of aromatic nitrogens is 3. The molecule has 2 aromatic carbocycles. The lowest BCUT2D eigenvalue weighted by atomic mass is 10.1. The molecule has 4 heteroatoms. The zero-order valence-corrected chi connectivity index (χ0v) is 11.6. The molecule has 0 fully saturated rings. The van der Waals surface area contributed by atoms with Gasteiger partial charge in [0.15, 0.2) is 5.65 Å². The normalized spacial score (nSPS) is 11.1. The van der Waals surface area contributed by atoms with E-state index in [2.05, 4.69) is 44.8 Å². The molecule has 4 rings (SSSR count). The predicted octanol–water partition coefficient (Wildman–Crippen LogP) is 4.16. The number of nitrogens with one attached hydrogen (secondary N) is 2. The van der Waals surface area contributed by atoms with Gasteiger partial charge in [-0.05, 0) is 30.5 Å². The van der Waals surface area contributed by atoms with Gasteiger partial charge in [-0.1, -0.05) is 36.4 Å². The summed E-state index contributed by atoms with van der Waals surface area (Å²) in [6.45, 7) is 1.99. The molecule has 4 nitrogen and oxygen atoms in total. The Morgan fingerprint density at radius 1 is 0.905 bits per heavy atom. The van der Waals surface area contributed by atoms with Crippen LogP contribution in [0.5, 0.6) is 0 Å². The van der Waals surface area contributed by atoms with Crippen molar-refractivity contribution in [3.63, 3.8) is 0 Å². The fourth-order valence-corrected chi connectivity index (χ4v) is 2.57. The Labute approximate surface area is 121 Å². The van der Waals surface area contributed by atoms with Crippen molar-refractivity contribution in [2.45, 2.75) is 6.92 Å². The number of rotatable bonds is 2. The molecule has 0 radical (unpaired) electrons. The molecule has 0 amide bonds. The summed E-state index contributed by atoms with van der Waals surface area (Å²) in [4.78, 5) is 4.54. The summed E-state index contributed by atoms with van der Waals surface area (Å²) in [6.07, 6.45) is 0. The highest BCUT2D eigenvalue weighted by atomic mass is 15.2. The third-order valence-corrected chi connectivity index (χ3v) is 3.66. The third kappa shape index (κ3) is 2.01. The average Bonchev–Trinajstić information content (AvgIpc) is 2.89. The molecule has 0 saturated carbocycles. The van der Waals surface area contributed by atoms with Gasteiger partial charge < -0.3 is 5.32 Å². The van der Waals surface area contributed by atoms with Gasteiger partial charge in [-0.3, -0.25) is 5.10 Å². The van der Waals surface area contributed by atoms with Gasteiger partial charge >= 0.3 is 0 Å². The monoisotopic (exact) mass is 274 g/mol. The quantitative estimate of drug-likeness (QED) is 0.577. The van der Waals surface area contributed by atoms with E-state index >= 15 is 0 Å². The largest absolute Gasteiger partial charge is 0.340 e. The summed E-state index contributed by atoms with van der Waals surface area (Å²) in [7, 11) is 0. The van der Waals surface area contributed by atoms with Crippen molar-refractivity contribution < 1.29 is 0 Å². The SMILES string of the molecule is Cc1[nH]nc2nc(Nc3cccc4ccccc34)ccc12. The van der Waals surface area contributed by atoms with Crippen molar-refractivity contribution in [2.24, 2.45) is 0 Å². The van der Waals surface area contributed by atoms with Gasteiger partial charge in [-0.25, -0.2) is 4.98 Å². The molecule has 102 valence electrons. The predicted molar refractivity (Wildman–Crippen MR) is 85.9 cm³/mol. The first-order valence-corrected chi connectivity index (χ1v) is 6.88. The Kier molecular flexibility index (Phi) is 2.60. The second-order valence-electron chi connectivity index (χ2n) is 5.07. The van der Waals surface area contributed by atoms with E-state index in [-0.39, 0.29) is 0 Å². The lowest BCUT2D eigenvalue weighted by Gasteiger charge is -2.09. The molecule has 4 aromatic rings. The van der Waals surface area contributed by atoms with Gasteiger partial charge in [0.05, 0.1) is 0 Å². The van der Waals surface area contributed by atoms with E-state index in [4.69, 9.17) is 0 Å². The van der Waals surface area contributed by atoms with E-state index in [1.54, 1.807) is 0 Å². The molecular weight excluding hydrogens is 260 g/mol. The fraction of sp³-hybridized carbons (Fsp3) is 0.0588. The van der Waals surface area contributed by atoms with E-state index in [1.807, 2.05) is 37.3 Å². The fourth-order valence-electron chi connectivity index (χ4n) is 2.57. The average molecular weight is 274 g/mol. The molecule has 0 aliphatic rings. The number of hydrogen-bond acceptors (Lipinski definition) is 3. The van der Waals surface area contributed by atoms with Gasteiger partial charge in [0, 0.05) is 22.2 Å². The first-order valence-electron chi connectivity index (χ1n) is 6.88. The number of benzene rings is 2. The van der Waals surface area contributed by atoms with Crippen LogP contribution in [-0.4, -0.2) is 15.2 Å². The van der Waals surface area contributed by atoms with E-state index in [1.165, 1.54) is 10.8 Å². The van der Waals surface area contributed by atoms with Crippen molar-refractivity contribution in [3.8, 4) is 0 Å². The van der Waals surface area contributed by atoms with Crippen LogP contribution in [0.1, 0.15) is 5.69 Å². The number of fused-ring (bicyclic) bond motifs is 2. The molecule has 2 heterocycles. The van der Waals surface area contributed by atoms with Crippen LogP contribution < -0.4 is 5.32 Å². The van der Waals surface area contributed by atoms with Crippen LogP contribution in [0.15, 0.2) is 54.6 Å². The van der Waals surface area contributed by atoms with Crippen LogP contribution in [0.25, 0.3) is 21.8 Å². The lowest BCUT2D eigenvalue weighted by molar-refractivity contribution is 1.06. The van der Waals surface area contributed by atoms with Gasteiger partial charge in [0.25, 0.3) is 0 Å². The zero-order chi connectivity index (χ0) is 14.2. The zero-order valence-electron chi connectivity index (χ0n) is 11.6. The molecule has 21 heavy (non-hydrogen) atoms. The smallest absolute Gasteiger partial charge is 0.183 e. The Balaban J connectivity index is 1.79. The second-order valence-corrected chi connectivity index (χ2v) is 5.07. The minimum Gasteiger partial charge on any atom is -0.340 e. The Bertz CT molecular complexity index is 934. The van der Waals surface area contributed by atoms with Crippen molar-refractivity contribution in [1.82, 2.24) is 15.2 Å². The highest BCUT2D eigenvalue weighted by Crippen LogP contribution is 2.26. The van der Waals surface area contributed by atoms with Crippen molar-refractivity contribution in [1.29, 1.82) is 0 Å². The summed E-state index contributed by atoms with van der Waals surface area (Å²) < 4.78 is 0. The molecular formula is C17H14N4. The molecule has 0 unspecified atom stereocenters. The molecule has 0 bridgehead atoms. The van der Waals surface area contributed by atoms with E-state index in [0.29, 0.717) is 0 Å². The molecule has 0 saturated heterocycles. The van der Waals surface area contributed by atoms with Crippen molar-refractivity contribution in [2.75, 3.05) is 5.32 Å². The van der Waals surface area contributed by atoms with Crippen LogP contribution >= 0.6 is 0 Å². The molecule has 0 aliphatic carbocycles. The lowest BCUT2D eigenvalue weighted by Crippen LogP contribution is -1.94. The van der Waals surface area contributed by atoms with E-state index in [9.17, 15) is 0 Å². The van der Waals surface area contributed by atoms with Crippen LogP contribution in [0, 0.1) is 6.92 Å². The summed E-state index contributed by atoms with van der Waals surface area (Å²) in [5.74, 6) is 0.797. The van der Waals surface area contributed by atoms with Gasteiger partial charge in [0.1, 0.15) is 5.82 Å². The number of pyridine rings is 1. The van der Waals surface area contributed by atoms with Crippen molar-refractivity contribution >= 4 is 33.3 Å². The van der Waals surface area contributed by atoms with Crippen LogP contribution in [-0.2, 0) is 0 Å². The van der Waals surface area contributed by atoms with E-state index < -0.39 is 0 Å². The second kappa shape index (κ2) is 4.59. The van der Waals surface area contributed by atoms with Gasteiger partial charge in [-0.2, -0.15) is 5.10 Å². The van der Waals surface area contributed by atoms with E-state index in [0.717, 1.165) is 28.2 Å². The maximum absolute atomic E-state index is 4.54. The Morgan fingerprint density at radius 2 is 1.76 bits per heavy atom. The summed E-state index contributed by atoms with van der Waals surface area (Å²) >= 11 is 0. The molecule has 0 spiro atoms. The summed E-state index contributed by atoms with van der Waals surface area (Å²) in [5, 5.41) is 14.0. The minimum absolute atomic E-state index is 0.734. The molecule has 0 aliphatic heterocycles. The first-order chi connectivity index (χ1) is 10.3. The summed E-state index contributed by atoms with van der Waals surface area (Å²) in [6, 6.07) is 18.5. The molecule has 0 atom stereocenters. The van der Waals surface area contributed by atoms with Gasteiger partial charge in [-0.15, -0.1) is 0 Å². The minimum atomic E-state index is 0.734. The molecule has 2 aromatic heterocycles. The first kappa shape index (κ1) is 11.9. The Morgan fingerprint density at radius 3 is 2.71 bits per heavy atom. The maximum atomic E-state index is 4.54. The standard InChI is InChI=1S/C17H14N4/c1-11-13-9-10-16(19-17(13)21-20-11)18-15-8-4-6-12-5-2-3-7-14(12)15/h2-10H,1H3,(H2,18,19,20,21). The number of hydrogen-bond donors (Lipinski definition) is 2. The number of aromatic amines is 1. The van der Waals surface area contributed by atoms with Crippen LogP contribution in [0.4, 0.5) is 11.5 Å². The number of H-pyrrole nitrogens is 1. The van der Waals surface area contributed by atoms with Gasteiger partial charge in [0.2, 0.25) is 0 Å². The van der Waals surface area contributed by atoms with Crippen LogP contribution in [0.3, 0.4) is 0 Å². The Hall–Kier alpha value is -2.88. The number of aryl methyl sites for hydroxylation is 1.